The first-order valence-corrected chi connectivity index (χ1v) is 22.0. The van der Waals surface area contributed by atoms with Crippen LogP contribution in [0.1, 0.15) is 91.9 Å². The highest BCUT2D eigenvalue weighted by Gasteiger charge is 2.40. The highest BCUT2D eigenvalue weighted by atomic mass is 32.2. The Morgan fingerprint density at radius 2 is 1.19 bits per heavy atom. The summed E-state index contributed by atoms with van der Waals surface area (Å²) in [6.07, 6.45) is 0.896. The summed E-state index contributed by atoms with van der Waals surface area (Å²) in [6.45, 7) is 6.25. The molecule has 0 aromatic heterocycles. The lowest BCUT2D eigenvalue weighted by Gasteiger charge is -2.30. The molecule has 1 aliphatic heterocycles. The van der Waals surface area contributed by atoms with Gasteiger partial charge >= 0.3 is 17.9 Å². The van der Waals surface area contributed by atoms with Gasteiger partial charge in [-0.2, -0.15) is 11.8 Å². The zero-order valence-electron chi connectivity index (χ0n) is 36.3. The van der Waals surface area contributed by atoms with E-state index in [1.165, 1.54) is 25.6 Å². The Bertz CT molecular complexity index is 1660. The van der Waals surface area contributed by atoms with Gasteiger partial charge in [0.05, 0.1) is 6.04 Å². The summed E-state index contributed by atoms with van der Waals surface area (Å²) >= 11 is 1.48. The number of carboxylic acid groups (broad SMARTS) is 3. The smallest absolute Gasteiger partial charge is 0.326 e. The molecule has 24 nitrogen and oxygen atoms in total. The molecule has 1 heterocycles. The van der Waals surface area contributed by atoms with E-state index in [-0.39, 0.29) is 50.7 Å². The zero-order valence-corrected chi connectivity index (χ0v) is 37.2. The van der Waals surface area contributed by atoms with Gasteiger partial charge in [-0.1, -0.05) is 13.8 Å². The minimum absolute atomic E-state index is 0.0226. The van der Waals surface area contributed by atoms with Crippen molar-refractivity contribution >= 4 is 77.0 Å². The summed E-state index contributed by atoms with van der Waals surface area (Å²) in [6, 6.07) is -10.3. The van der Waals surface area contributed by atoms with E-state index >= 15 is 0 Å². The molecule has 1 fully saturated rings. The molecule has 0 unspecified atom stereocenters. The monoisotopic (exact) mass is 915 g/mol. The molecule has 0 aliphatic carbocycles. The van der Waals surface area contributed by atoms with Gasteiger partial charge in [0.15, 0.2) is 5.96 Å². The van der Waals surface area contributed by atoms with Crippen molar-refractivity contribution in [2.24, 2.45) is 28.1 Å². The van der Waals surface area contributed by atoms with Crippen molar-refractivity contribution in [2.75, 3.05) is 25.1 Å². The Balaban J connectivity index is 3.15. The van der Waals surface area contributed by atoms with Crippen molar-refractivity contribution in [1.29, 1.82) is 0 Å². The van der Waals surface area contributed by atoms with E-state index in [0.717, 1.165) is 4.90 Å². The predicted octanol–water partition coefficient (Wildman–Crippen LogP) is -3.08. The summed E-state index contributed by atoms with van der Waals surface area (Å²) < 4.78 is 0. The zero-order chi connectivity index (χ0) is 48.0. The summed E-state index contributed by atoms with van der Waals surface area (Å²) in [4.78, 5) is 133. The third-order valence-electron chi connectivity index (χ3n) is 9.75. The number of aliphatic carboxylic acids is 3. The van der Waals surface area contributed by atoms with Crippen LogP contribution >= 0.6 is 11.8 Å². The standard InChI is InChI=1S/C38H65N11O13S/c1-19(2)18-26(37(61)62)48-35(59)27-9-7-16-49(27)36(60)25(11-13-29(52)53)47-34(58)24(10-12-28(50)51)45-31(55)21(4)43-30(54)20(3)44-33(57)23(8-6-15-42-38(40)41)46-32(56)22(39)14-17-63-5/h19-27H,6-18,39H2,1-5H3,(H,43,54)(H,44,57)(H,45,55)(H,46,56)(H,47,58)(H,48,59)(H,50,51)(H,52,53)(H,61,62)(H4,40,41,42)/t20-,21-,22-,23-,24-,25-,26-,27-/m0/s1. The van der Waals surface area contributed by atoms with Crippen molar-refractivity contribution in [3.63, 3.8) is 0 Å². The SMILES string of the molecule is CSCC[C@H](N)C(=O)N[C@@H](CCCN=C(N)N)C(=O)N[C@@H](C)C(=O)N[C@@H](C)C(=O)N[C@@H](CCC(=O)O)C(=O)N[C@@H](CCC(=O)O)C(=O)N1CCC[C@H]1C(=O)N[C@@H](CC(C)C)C(=O)O. The third kappa shape index (κ3) is 20.8. The van der Waals surface area contributed by atoms with Crippen LogP contribution in [-0.2, 0) is 47.9 Å². The second-order valence-electron chi connectivity index (χ2n) is 15.6. The number of carboxylic acids is 3. The summed E-state index contributed by atoms with van der Waals surface area (Å²) in [5, 5.41) is 43.0. The van der Waals surface area contributed by atoms with Gasteiger partial charge in [0, 0.05) is 25.9 Å². The fourth-order valence-corrected chi connectivity index (χ4v) is 6.80. The topological polar surface area (TPSA) is 397 Å². The number of likely N-dealkylation sites (tertiary alicyclic amines) is 1. The van der Waals surface area contributed by atoms with E-state index in [2.05, 4.69) is 36.9 Å². The maximum absolute atomic E-state index is 13.9. The number of guanidine groups is 1. The lowest BCUT2D eigenvalue weighted by molar-refractivity contribution is -0.145. The largest absolute Gasteiger partial charge is 0.481 e. The molecule has 63 heavy (non-hydrogen) atoms. The van der Waals surface area contributed by atoms with Crippen LogP contribution < -0.4 is 49.1 Å². The van der Waals surface area contributed by atoms with Crippen LogP contribution in [0.2, 0.25) is 0 Å². The second kappa shape index (κ2) is 28.1. The maximum atomic E-state index is 13.9. The number of aliphatic imine (C=N–C) groups is 1. The number of nitrogens with zero attached hydrogens (tertiary/aromatic N) is 2. The van der Waals surface area contributed by atoms with E-state index in [4.69, 9.17) is 17.2 Å². The fourth-order valence-electron chi connectivity index (χ4n) is 6.31. The summed E-state index contributed by atoms with van der Waals surface area (Å²) in [5.74, 6) is -9.46. The maximum Gasteiger partial charge on any atom is 0.326 e. The van der Waals surface area contributed by atoms with E-state index in [1.54, 1.807) is 13.8 Å². The van der Waals surface area contributed by atoms with Crippen LogP contribution in [0.15, 0.2) is 4.99 Å². The average Bonchev–Trinajstić information content (AvgIpc) is 3.70. The number of thioether (sulfide) groups is 1. The Morgan fingerprint density at radius 1 is 0.683 bits per heavy atom. The minimum Gasteiger partial charge on any atom is -0.481 e. The molecule has 0 saturated carbocycles. The van der Waals surface area contributed by atoms with Gasteiger partial charge in [-0.05, 0) is 83.1 Å². The van der Waals surface area contributed by atoms with Crippen molar-refractivity contribution in [3.05, 3.63) is 0 Å². The Labute approximate surface area is 369 Å². The van der Waals surface area contributed by atoms with Crippen molar-refractivity contribution in [2.45, 2.75) is 140 Å². The van der Waals surface area contributed by atoms with Gasteiger partial charge in [-0.3, -0.25) is 48.1 Å². The first-order valence-electron chi connectivity index (χ1n) is 20.6. The number of rotatable bonds is 29. The van der Waals surface area contributed by atoms with E-state index < -0.39 is 133 Å². The predicted molar refractivity (Wildman–Crippen MR) is 229 cm³/mol. The van der Waals surface area contributed by atoms with Crippen LogP contribution in [0, 0.1) is 5.92 Å². The van der Waals surface area contributed by atoms with E-state index in [1.807, 2.05) is 6.26 Å². The molecular formula is C38H65N11O13S. The molecule has 0 aromatic carbocycles. The van der Waals surface area contributed by atoms with Gasteiger partial charge in [-0.15, -0.1) is 0 Å². The number of carbonyl (C=O) groups is 10. The molecule has 0 radical (unpaired) electrons. The van der Waals surface area contributed by atoms with Crippen LogP contribution in [0.5, 0.6) is 0 Å². The Hall–Kier alpha value is -5.72. The van der Waals surface area contributed by atoms with Crippen LogP contribution in [-0.4, -0.2) is 159 Å². The van der Waals surface area contributed by atoms with E-state index in [9.17, 15) is 63.3 Å². The lowest BCUT2D eigenvalue weighted by Crippen LogP contribution is -2.59. The van der Waals surface area contributed by atoms with Gasteiger partial charge in [0.25, 0.3) is 0 Å². The Morgan fingerprint density at radius 3 is 1.73 bits per heavy atom. The molecule has 1 rings (SSSR count). The first-order chi connectivity index (χ1) is 29.5. The van der Waals surface area contributed by atoms with Crippen LogP contribution in [0.3, 0.4) is 0 Å². The Kier molecular flexibility index (Phi) is 24.6. The molecule has 8 atom stereocenters. The number of hydrogen-bond donors (Lipinski definition) is 12. The molecule has 1 saturated heterocycles. The summed E-state index contributed by atoms with van der Waals surface area (Å²) in [5.41, 5.74) is 16.7. The third-order valence-corrected chi connectivity index (χ3v) is 10.4. The highest BCUT2D eigenvalue weighted by Crippen LogP contribution is 2.21. The molecule has 0 spiro atoms. The van der Waals surface area contributed by atoms with Crippen molar-refractivity contribution in [3.8, 4) is 0 Å². The van der Waals surface area contributed by atoms with Crippen LogP contribution in [0.25, 0.3) is 0 Å². The quantitative estimate of drug-likeness (QED) is 0.0201. The molecule has 15 N–H and O–H groups in total. The number of hydrogen-bond acceptors (Lipinski definition) is 13. The fraction of sp³-hybridized carbons (Fsp3) is 0.711. The summed E-state index contributed by atoms with van der Waals surface area (Å²) in [7, 11) is 0. The number of nitrogens with one attached hydrogen (secondary N) is 6. The molecule has 7 amide bonds. The number of carbonyl (C=O) groups excluding carboxylic acids is 7. The highest BCUT2D eigenvalue weighted by molar-refractivity contribution is 7.98. The minimum atomic E-state index is -1.62. The van der Waals surface area contributed by atoms with Crippen molar-refractivity contribution < 1.29 is 63.3 Å². The molecule has 0 bridgehead atoms. The second-order valence-corrected chi connectivity index (χ2v) is 16.5. The molecule has 1 aliphatic rings. The number of nitrogens with two attached hydrogens (primary N) is 3. The number of amides is 7. The molecule has 25 heteroatoms. The van der Waals surface area contributed by atoms with Crippen LogP contribution in [0.4, 0.5) is 0 Å². The lowest BCUT2D eigenvalue weighted by atomic mass is 10.0. The van der Waals surface area contributed by atoms with Crippen molar-refractivity contribution in [1.82, 2.24) is 36.8 Å². The van der Waals surface area contributed by atoms with E-state index in [0.29, 0.717) is 18.6 Å². The molecule has 356 valence electrons. The van der Waals surface area contributed by atoms with Gasteiger partial charge in [-0.25, -0.2) is 4.79 Å². The normalized spacial score (nSPS) is 16.7. The van der Waals surface area contributed by atoms with Gasteiger partial charge in [0.1, 0.15) is 42.3 Å². The molecular weight excluding hydrogens is 851 g/mol. The van der Waals surface area contributed by atoms with Gasteiger partial charge in [0.2, 0.25) is 41.4 Å². The first kappa shape index (κ1) is 55.3. The van der Waals surface area contributed by atoms with Gasteiger partial charge < -0.3 is 69.3 Å². The molecule has 0 aromatic rings. The average molecular weight is 916 g/mol.